The topological polar surface area (TPSA) is 96.1 Å². The summed E-state index contributed by atoms with van der Waals surface area (Å²) >= 11 is 0. The monoisotopic (exact) mass is 494 g/mol. The van der Waals surface area contributed by atoms with E-state index in [1.165, 1.54) is 0 Å². The summed E-state index contributed by atoms with van der Waals surface area (Å²) in [4.78, 5) is 18.5. The maximum Gasteiger partial charge on any atom is 0.256 e. The summed E-state index contributed by atoms with van der Waals surface area (Å²) in [5, 5.41) is 12.5. The molecule has 0 bridgehead atoms. The Balaban J connectivity index is 1.38. The molecule has 4 heterocycles. The molecule has 9 nitrogen and oxygen atoms in total. The predicted octanol–water partition coefficient (Wildman–Crippen LogP) is 4.95. The molecule has 37 heavy (non-hydrogen) atoms. The Morgan fingerprint density at radius 1 is 1.03 bits per heavy atom. The van der Waals surface area contributed by atoms with Gasteiger partial charge in [-0.3, -0.25) is 9.48 Å². The quantitative estimate of drug-likeness (QED) is 0.359. The van der Waals surface area contributed by atoms with E-state index in [1.807, 2.05) is 84.0 Å². The van der Waals surface area contributed by atoms with Crippen LogP contribution in [0.3, 0.4) is 0 Å². The van der Waals surface area contributed by atoms with Gasteiger partial charge in [-0.2, -0.15) is 10.2 Å². The molecular weight excluding hydrogens is 468 g/mol. The van der Waals surface area contributed by atoms with Crippen molar-refractivity contribution in [3.8, 4) is 22.8 Å². The van der Waals surface area contributed by atoms with Crippen molar-refractivity contribution in [2.24, 2.45) is 0 Å². The fraction of sp³-hybridized carbons (Fsp3) is 0.214. The number of hydrogen-bond donors (Lipinski definition) is 1. The molecule has 1 aliphatic rings. The van der Waals surface area contributed by atoms with Crippen LogP contribution in [0.2, 0.25) is 0 Å². The van der Waals surface area contributed by atoms with E-state index in [1.54, 1.807) is 12.4 Å². The van der Waals surface area contributed by atoms with Crippen molar-refractivity contribution >= 4 is 22.6 Å². The minimum absolute atomic E-state index is 0.0791. The Morgan fingerprint density at radius 2 is 1.89 bits per heavy atom. The minimum Gasteiger partial charge on any atom is -0.486 e. The number of ether oxygens (including phenoxy) is 2. The third-order valence-corrected chi connectivity index (χ3v) is 6.23. The van der Waals surface area contributed by atoms with Gasteiger partial charge >= 0.3 is 0 Å². The molecule has 0 saturated carbocycles. The first-order valence-corrected chi connectivity index (χ1v) is 12.2. The Kier molecular flexibility index (Phi) is 5.80. The first kappa shape index (κ1) is 22.8. The smallest absolute Gasteiger partial charge is 0.256 e. The molecule has 3 aromatic heterocycles. The molecule has 0 unspecified atom stereocenters. The minimum atomic E-state index is -0.231. The molecule has 0 fully saturated rings. The van der Waals surface area contributed by atoms with E-state index >= 15 is 0 Å². The number of nitrogens with one attached hydrogen (secondary N) is 1. The van der Waals surface area contributed by atoms with Gasteiger partial charge in [-0.05, 0) is 61.9 Å². The van der Waals surface area contributed by atoms with Gasteiger partial charge in [0.2, 0.25) is 0 Å². The third kappa shape index (κ3) is 4.51. The van der Waals surface area contributed by atoms with Crippen molar-refractivity contribution in [2.75, 3.05) is 18.5 Å². The molecule has 9 heteroatoms. The molecule has 0 aliphatic carbocycles. The second-order valence-corrected chi connectivity index (χ2v) is 9.19. The summed E-state index contributed by atoms with van der Waals surface area (Å²) in [7, 11) is 0. The normalized spacial score (nSPS) is 12.7. The number of amides is 1. The molecule has 2 aromatic carbocycles. The highest BCUT2D eigenvalue weighted by molar-refractivity contribution is 6.12. The maximum atomic E-state index is 13.6. The van der Waals surface area contributed by atoms with E-state index in [2.05, 4.69) is 15.5 Å². The van der Waals surface area contributed by atoms with Crippen molar-refractivity contribution in [1.29, 1.82) is 0 Å². The largest absolute Gasteiger partial charge is 0.486 e. The van der Waals surface area contributed by atoms with Crippen molar-refractivity contribution in [2.45, 2.75) is 26.4 Å². The SMILES string of the molecule is CC(C)n1ncc2c(C(=O)Nc3cccc(Cn4cccn4)c3)cc(-c3ccc4c(c3)OCCO4)nc21. The molecule has 186 valence electrons. The first-order chi connectivity index (χ1) is 18.0. The standard InChI is InChI=1S/C28H26N6O3/c1-18(2)34-27-23(16-30-34)22(15-24(32-27)20-7-8-25-26(14-20)37-12-11-36-25)28(35)31-21-6-3-5-19(13-21)17-33-10-4-9-29-33/h3-10,13-16,18H,11-12,17H2,1-2H3,(H,31,35). The van der Waals surface area contributed by atoms with Gasteiger partial charge < -0.3 is 14.8 Å². The molecule has 0 radical (unpaired) electrons. The summed E-state index contributed by atoms with van der Waals surface area (Å²) in [6.07, 6.45) is 5.36. The van der Waals surface area contributed by atoms with Crippen LogP contribution in [0, 0.1) is 0 Å². The number of fused-ring (bicyclic) bond motifs is 2. The van der Waals surface area contributed by atoms with Gasteiger partial charge in [0, 0.05) is 29.7 Å². The van der Waals surface area contributed by atoms with Crippen LogP contribution in [-0.2, 0) is 6.54 Å². The highest BCUT2D eigenvalue weighted by atomic mass is 16.6. The number of benzene rings is 2. The van der Waals surface area contributed by atoms with Crippen molar-refractivity contribution in [3.63, 3.8) is 0 Å². The Labute approximate surface area is 213 Å². The van der Waals surface area contributed by atoms with Crippen molar-refractivity contribution in [3.05, 3.63) is 84.3 Å². The molecule has 0 saturated heterocycles. The number of pyridine rings is 1. The molecule has 6 rings (SSSR count). The lowest BCUT2D eigenvalue weighted by Crippen LogP contribution is -2.15. The molecule has 5 aromatic rings. The molecular formula is C28H26N6O3. The van der Waals surface area contributed by atoms with E-state index < -0.39 is 0 Å². The van der Waals surface area contributed by atoms with Gasteiger partial charge in [0.25, 0.3) is 5.91 Å². The molecule has 1 N–H and O–H groups in total. The zero-order valence-corrected chi connectivity index (χ0v) is 20.6. The first-order valence-electron chi connectivity index (χ1n) is 12.2. The average Bonchev–Trinajstić information content (AvgIpc) is 3.58. The zero-order valence-electron chi connectivity index (χ0n) is 20.6. The molecule has 0 atom stereocenters. The Hall–Kier alpha value is -4.66. The second kappa shape index (κ2) is 9.42. The van der Waals surface area contributed by atoms with Crippen LogP contribution in [-0.4, -0.2) is 43.7 Å². The number of aromatic nitrogens is 5. The summed E-state index contributed by atoms with van der Waals surface area (Å²) in [5.41, 5.74) is 4.38. The zero-order chi connectivity index (χ0) is 25.4. The van der Waals surface area contributed by atoms with Crippen LogP contribution in [0.4, 0.5) is 5.69 Å². The van der Waals surface area contributed by atoms with Gasteiger partial charge in [0.15, 0.2) is 17.1 Å². The van der Waals surface area contributed by atoms with Crippen molar-refractivity contribution in [1.82, 2.24) is 24.5 Å². The predicted molar refractivity (Wildman–Crippen MR) is 140 cm³/mol. The number of carbonyl (C=O) groups is 1. The lowest BCUT2D eigenvalue weighted by molar-refractivity contribution is 0.102. The number of hydrogen-bond acceptors (Lipinski definition) is 6. The van der Waals surface area contributed by atoms with Gasteiger partial charge in [-0.1, -0.05) is 12.1 Å². The van der Waals surface area contributed by atoms with Crippen LogP contribution in [0.1, 0.15) is 35.8 Å². The van der Waals surface area contributed by atoms with E-state index in [4.69, 9.17) is 14.5 Å². The number of rotatable bonds is 6. The van der Waals surface area contributed by atoms with Gasteiger partial charge in [0.1, 0.15) is 13.2 Å². The lowest BCUT2D eigenvalue weighted by Gasteiger charge is -2.19. The van der Waals surface area contributed by atoms with Gasteiger partial charge in [-0.25, -0.2) is 9.67 Å². The van der Waals surface area contributed by atoms with Crippen LogP contribution in [0.15, 0.2) is 73.2 Å². The summed E-state index contributed by atoms with van der Waals surface area (Å²) in [5.74, 6) is 1.14. The number of anilines is 1. The number of carbonyl (C=O) groups excluding carboxylic acids is 1. The Bertz CT molecular complexity index is 1590. The molecule has 0 spiro atoms. The molecule has 1 amide bonds. The summed E-state index contributed by atoms with van der Waals surface area (Å²) < 4.78 is 15.1. The van der Waals surface area contributed by atoms with Gasteiger partial charge in [0.05, 0.1) is 29.4 Å². The van der Waals surface area contributed by atoms with Crippen LogP contribution < -0.4 is 14.8 Å². The van der Waals surface area contributed by atoms with Crippen LogP contribution in [0.25, 0.3) is 22.3 Å². The van der Waals surface area contributed by atoms with E-state index in [0.717, 1.165) is 11.1 Å². The van der Waals surface area contributed by atoms with Crippen molar-refractivity contribution < 1.29 is 14.3 Å². The Morgan fingerprint density at radius 3 is 2.70 bits per heavy atom. The van der Waals surface area contributed by atoms with E-state index in [-0.39, 0.29) is 11.9 Å². The summed E-state index contributed by atoms with van der Waals surface area (Å²) in [6, 6.07) is 17.2. The lowest BCUT2D eigenvalue weighted by atomic mass is 10.1. The fourth-order valence-corrected chi connectivity index (χ4v) is 4.46. The van der Waals surface area contributed by atoms with Gasteiger partial charge in [-0.15, -0.1) is 0 Å². The van der Waals surface area contributed by atoms with E-state index in [0.29, 0.717) is 59.2 Å². The average molecular weight is 495 g/mol. The number of nitrogens with zero attached hydrogens (tertiary/aromatic N) is 5. The summed E-state index contributed by atoms with van der Waals surface area (Å²) in [6.45, 7) is 5.71. The van der Waals surface area contributed by atoms with Crippen LogP contribution in [0.5, 0.6) is 11.5 Å². The third-order valence-electron chi connectivity index (χ3n) is 6.23. The van der Waals surface area contributed by atoms with Crippen LogP contribution >= 0.6 is 0 Å². The highest BCUT2D eigenvalue weighted by Gasteiger charge is 2.20. The maximum absolute atomic E-state index is 13.6. The second-order valence-electron chi connectivity index (χ2n) is 9.19. The molecule has 1 aliphatic heterocycles. The van der Waals surface area contributed by atoms with E-state index in [9.17, 15) is 4.79 Å². The highest BCUT2D eigenvalue weighted by Crippen LogP contribution is 2.35. The fourth-order valence-electron chi connectivity index (χ4n) is 4.46.